The molecule has 6 heavy (non-hydrogen) atoms. The van der Waals surface area contributed by atoms with Gasteiger partial charge in [-0.25, -0.2) is 0 Å². The van der Waals surface area contributed by atoms with E-state index in [1.54, 1.807) is 11.5 Å². The van der Waals surface area contributed by atoms with Gasteiger partial charge in [-0.2, -0.15) is 0 Å². The first-order valence-corrected chi connectivity index (χ1v) is 3.06. The van der Waals surface area contributed by atoms with E-state index in [9.17, 15) is 4.21 Å². The summed E-state index contributed by atoms with van der Waals surface area (Å²) in [5.74, 6) is 0.667. The van der Waals surface area contributed by atoms with E-state index in [-0.39, 0.29) is 0 Å². The summed E-state index contributed by atoms with van der Waals surface area (Å²) >= 11 is 0. The van der Waals surface area contributed by atoms with Crippen molar-refractivity contribution in [2.45, 2.75) is 0 Å². The first-order chi connectivity index (χ1) is 2.89. The lowest BCUT2D eigenvalue weighted by Crippen LogP contribution is -1.79. The van der Waals surface area contributed by atoms with Gasteiger partial charge in [-0.3, -0.25) is 4.21 Å². The maximum atomic E-state index is 10.2. The summed E-state index contributed by atoms with van der Waals surface area (Å²) in [5, 5.41) is 1.57. The van der Waals surface area contributed by atoms with Gasteiger partial charge in [-0.15, -0.1) is 5.73 Å². The Kier molecular flexibility index (Phi) is 0.906. The smallest absolute Gasteiger partial charge is 0.0578 e. The number of rotatable bonds is 0. The van der Waals surface area contributed by atoms with Gasteiger partial charge < -0.3 is 0 Å². The van der Waals surface area contributed by atoms with Crippen LogP contribution in [-0.4, -0.2) is 9.96 Å². The van der Waals surface area contributed by atoms with Crippen molar-refractivity contribution < 1.29 is 4.21 Å². The van der Waals surface area contributed by atoms with Crippen molar-refractivity contribution in [1.82, 2.24) is 0 Å². The summed E-state index contributed by atoms with van der Waals surface area (Å²) in [6.45, 7) is 0. The summed E-state index contributed by atoms with van der Waals surface area (Å²) < 4.78 is 10.2. The molecule has 1 aliphatic rings. The van der Waals surface area contributed by atoms with Crippen molar-refractivity contribution in [3.05, 3.63) is 17.2 Å². The molecule has 1 rings (SSSR count). The zero-order valence-corrected chi connectivity index (χ0v) is 3.99. The largest absolute Gasteiger partial charge is 0.254 e. The zero-order valence-electron chi connectivity index (χ0n) is 3.18. The molecule has 0 radical (unpaired) electrons. The molecule has 1 unspecified atom stereocenters. The van der Waals surface area contributed by atoms with Gasteiger partial charge in [-0.05, 0) is 6.08 Å². The summed E-state index contributed by atoms with van der Waals surface area (Å²) in [6.07, 6.45) is 1.77. The quantitative estimate of drug-likeness (QED) is 0.403. The third-order valence-corrected chi connectivity index (χ3v) is 1.46. The first kappa shape index (κ1) is 3.85. The van der Waals surface area contributed by atoms with Crippen LogP contribution in [0.4, 0.5) is 0 Å². The van der Waals surface area contributed by atoms with E-state index >= 15 is 0 Å². The van der Waals surface area contributed by atoms with Crippen LogP contribution >= 0.6 is 0 Å². The highest BCUT2D eigenvalue weighted by Crippen LogP contribution is 1.89. The second kappa shape index (κ2) is 1.41. The van der Waals surface area contributed by atoms with E-state index < -0.39 is 10.8 Å². The molecule has 1 nitrogen and oxygen atoms in total. The van der Waals surface area contributed by atoms with E-state index in [2.05, 4.69) is 5.73 Å². The monoisotopic (exact) mass is 100.0 g/mol. The second-order valence-electron chi connectivity index (χ2n) is 1.04. The predicted octanol–water partition coefficient (Wildman–Crippen LogP) is 0.417. The Hall–Kier alpha value is -0.330. The highest BCUT2D eigenvalue weighted by molar-refractivity contribution is 7.88. The third kappa shape index (κ3) is 0.588. The molecule has 0 aromatic heterocycles. The van der Waals surface area contributed by atoms with Gasteiger partial charge in [0.15, 0.2) is 0 Å². The summed E-state index contributed by atoms with van der Waals surface area (Å²) in [5.41, 5.74) is 2.72. The minimum Gasteiger partial charge on any atom is -0.254 e. The van der Waals surface area contributed by atoms with Crippen molar-refractivity contribution in [3.63, 3.8) is 0 Å². The molecule has 1 heterocycles. The Morgan fingerprint density at radius 2 is 2.67 bits per heavy atom. The van der Waals surface area contributed by atoms with E-state index in [1.165, 1.54) is 0 Å². The van der Waals surface area contributed by atoms with Crippen LogP contribution in [0.5, 0.6) is 0 Å². The maximum Gasteiger partial charge on any atom is 0.0578 e. The molecular weight excluding hydrogens is 96.1 g/mol. The topological polar surface area (TPSA) is 17.1 Å². The third-order valence-electron chi connectivity index (χ3n) is 0.565. The van der Waals surface area contributed by atoms with Crippen molar-refractivity contribution in [2.24, 2.45) is 0 Å². The Morgan fingerprint density at radius 1 is 1.83 bits per heavy atom. The number of hydrogen-bond acceptors (Lipinski definition) is 1. The van der Waals surface area contributed by atoms with Gasteiger partial charge in [0.2, 0.25) is 0 Å². The van der Waals surface area contributed by atoms with Gasteiger partial charge in [0, 0.05) is 5.41 Å². The van der Waals surface area contributed by atoms with E-state index in [1.807, 2.05) is 0 Å². The molecule has 0 aliphatic carbocycles. The molecule has 0 aromatic rings. The maximum absolute atomic E-state index is 10.2. The highest BCUT2D eigenvalue weighted by Gasteiger charge is 1.90. The molecule has 0 N–H and O–H groups in total. The average Bonchev–Trinajstić information content (AvgIpc) is 1.86. The Balaban J connectivity index is 2.79. The minimum absolute atomic E-state index is 0.667. The summed E-state index contributed by atoms with van der Waals surface area (Å²) in [7, 11) is -0.715. The fourth-order valence-electron chi connectivity index (χ4n) is 0.302. The average molecular weight is 100 g/mol. The lowest BCUT2D eigenvalue weighted by molar-refractivity contribution is 0.690. The van der Waals surface area contributed by atoms with Crippen LogP contribution in [0.3, 0.4) is 0 Å². The van der Waals surface area contributed by atoms with Crippen molar-refractivity contribution in [3.8, 4) is 0 Å². The molecule has 1 atom stereocenters. The molecule has 32 valence electrons. The molecule has 0 fully saturated rings. The lowest BCUT2D eigenvalue weighted by atomic mass is 10.7. The molecule has 0 saturated carbocycles. The van der Waals surface area contributed by atoms with Crippen LogP contribution in [0.15, 0.2) is 17.2 Å². The van der Waals surface area contributed by atoms with Crippen LogP contribution in [0, 0.1) is 0 Å². The molecule has 0 aromatic carbocycles. The van der Waals surface area contributed by atoms with Crippen molar-refractivity contribution >= 4 is 10.8 Å². The van der Waals surface area contributed by atoms with Crippen LogP contribution in [-0.2, 0) is 10.8 Å². The number of hydrogen-bond donors (Lipinski definition) is 0. The molecule has 0 amide bonds. The minimum atomic E-state index is -0.715. The van der Waals surface area contributed by atoms with Gasteiger partial charge in [0.1, 0.15) is 0 Å². The fourth-order valence-corrected chi connectivity index (χ4v) is 0.907. The van der Waals surface area contributed by atoms with Crippen LogP contribution < -0.4 is 0 Å². The van der Waals surface area contributed by atoms with Crippen LogP contribution in [0.25, 0.3) is 0 Å². The lowest BCUT2D eigenvalue weighted by Gasteiger charge is -1.71. The summed E-state index contributed by atoms with van der Waals surface area (Å²) in [6, 6.07) is 0. The predicted molar refractivity (Wildman–Crippen MR) is 25.7 cm³/mol. The SMILES string of the molecule is O=S1C=C=CC1. The second-order valence-corrected chi connectivity index (χ2v) is 2.37. The molecule has 1 aliphatic heterocycles. The van der Waals surface area contributed by atoms with Gasteiger partial charge in [0.05, 0.1) is 16.6 Å². The first-order valence-electron chi connectivity index (χ1n) is 1.68. The Morgan fingerprint density at radius 3 is 2.83 bits per heavy atom. The van der Waals surface area contributed by atoms with Crippen LogP contribution in [0.1, 0.15) is 0 Å². The Labute approximate surface area is 38.8 Å². The molecule has 2 heteroatoms. The van der Waals surface area contributed by atoms with Gasteiger partial charge >= 0.3 is 0 Å². The van der Waals surface area contributed by atoms with E-state index in [4.69, 9.17) is 0 Å². The van der Waals surface area contributed by atoms with Crippen molar-refractivity contribution in [2.75, 3.05) is 5.75 Å². The molecule has 0 bridgehead atoms. The van der Waals surface area contributed by atoms with E-state index in [0.29, 0.717) is 5.75 Å². The Bertz CT molecular complexity index is 130. The molecule has 0 spiro atoms. The fraction of sp³-hybridized carbons (Fsp3) is 0.250. The standard InChI is InChI=1S/C4H4OS/c5-6-3-1-2-4-6/h1,4H,3H2. The zero-order chi connectivity index (χ0) is 4.41. The highest BCUT2D eigenvalue weighted by atomic mass is 32.2. The van der Waals surface area contributed by atoms with Gasteiger partial charge in [0.25, 0.3) is 0 Å². The summed E-state index contributed by atoms with van der Waals surface area (Å²) in [4.78, 5) is 0. The van der Waals surface area contributed by atoms with Crippen LogP contribution in [0.2, 0.25) is 0 Å². The van der Waals surface area contributed by atoms with E-state index in [0.717, 1.165) is 0 Å². The normalized spacial score (nSPS) is 29.0. The van der Waals surface area contributed by atoms with Crippen molar-refractivity contribution in [1.29, 1.82) is 0 Å². The molecule has 0 saturated heterocycles. The molecular formula is C4H4OS. The van der Waals surface area contributed by atoms with Gasteiger partial charge in [-0.1, -0.05) is 0 Å².